The van der Waals surface area contributed by atoms with Gasteiger partial charge in [-0.1, -0.05) is 6.58 Å². The van der Waals surface area contributed by atoms with Crippen LogP contribution in [0.5, 0.6) is 0 Å². The number of fused-ring (bicyclic) bond motifs is 1. The number of amides is 1. The Bertz CT molecular complexity index is 1320. The maximum atomic E-state index is 13.8. The van der Waals surface area contributed by atoms with Gasteiger partial charge in [0.2, 0.25) is 15.9 Å². The zero-order valence-electron chi connectivity index (χ0n) is 21.3. The number of nitrogens with one attached hydrogen (secondary N) is 2. The van der Waals surface area contributed by atoms with Gasteiger partial charge >= 0.3 is 0 Å². The summed E-state index contributed by atoms with van der Waals surface area (Å²) in [4.78, 5) is 15.7. The molecular formula is C25H34F2N6O3S. The first-order valence-corrected chi connectivity index (χ1v) is 14.2. The largest absolute Gasteiger partial charge is 0.368 e. The fourth-order valence-corrected chi connectivity index (χ4v) is 7.14. The fourth-order valence-electron chi connectivity index (χ4n) is 5.64. The minimum atomic E-state index is -3.84. The van der Waals surface area contributed by atoms with Crippen molar-refractivity contribution < 1.29 is 22.0 Å². The molecule has 0 unspecified atom stereocenters. The van der Waals surface area contributed by atoms with E-state index in [9.17, 15) is 22.0 Å². The summed E-state index contributed by atoms with van der Waals surface area (Å²) in [6, 6.07) is 1.87. The first kappa shape index (κ1) is 26.1. The summed E-state index contributed by atoms with van der Waals surface area (Å²) in [5.74, 6) is -0.557. The van der Waals surface area contributed by atoms with Gasteiger partial charge in [-0.15, -0.1) is 0 Å². The Morgan fingerprint density at radius 2 is 1.92 bits per heavy atom. The Kier molecular flexibility index (Phi) is 6.56. The molecule has 1 aromatic heterocycles. The summed E-state index contributed by atoms with van der Waals surface area (Å²) in [5.41, 5.74) is 0.838. The number of piperazine rings is 1. The quantitative estimate of drug-likeness (QED) is 0.528. The second kappa shape index (κ2) is 9.32. The summed E-state index contributed by atoms with van der Waals surface area (Å²) < 4.78 is 58.9. The third kappa shape index (κ3) is 4.98. The molecule has 1 aromatic carbocycles. The number of hydrogen-bond donors (Lipinski definition) is 2. The van der Waals surface area contributed by atoms with E-state index in [1.165, 1.54) is 0 Å². The van der Waals surface area contributed by atoms with E-state index in [1.54, 1.807) is 23.0 Å². The number of anilines is 1. The van der Waals surface area contributed by atoms with Crippen molar-refractivity contribution in [1.82, 2.24) is 24.7 Å². The summed E-state index contributed by atoms with van der Waals surface area (Å²) in [5, 5.41) is 8.78. The predicted molar refractivity (Wildman–Crippen MR) is 137 cm³/mol. The molecule has 37 heavy (non-hydrogen) atoms. The first-order valence-electron chi connectivity index (χ1n) is 12.7. The predicted octanol–water partition coefficient (Wildman–Crippen LogP) is 2.65. The monoisotopic (exact) mass is 536 g/mol. The molecule has 5 rings (SSSR count). The van der Waals surface area contributed by atoms with Crippen LogP contribution >= 0.6 is 0 Å². The Hall–Kier alpha value is -2.57. The van der Waals surface area contributed by atoms with Crippen molar-refractivity contribution in [2.75, 3.05) is 24.5 Å². The molecule has 12 heteroatoms. The van der Waals surface area contributed by atoms with Crippen molar-refractivity contribution in [3.8, 4) is 0 Å². The van der Waals surface area contributed by atoms with Crippen molar-refractivity contribution in [2.45, 2.75) is 81.1 Å². The van der Waals surface area contributed by atoms with Crippen LogP contribution in [0, 0.1) is 0 Å². The highest BCUT2D eigenvalue weighted by Crippen LogP contribution is 2.39. The molecule has 1 aliphatic carbocycles. The zero-order chi connectivity index (χ0) is 26.7. The third-order valence-electron chi connectivity index (χ3n) is 7.67. The molecule has 0 spiro atoms. The number of aromatic nitrogens is 2. The minimum Gasteiger partial charge on any atom is -0.368 e. The van der Waals surface area contributed by atoms with E-state index in [2.05, 4.69) is 40.5 Å². The van der Waals surface area contributed by atoms with Gasteiger partial charge in [0.1, 0.15) is 0 Å². The highest BCUT2D eigenvalue weighted by molar-refractivity contribution is 7.89. The minimum absolute atomic E-state index is 0.0123. The standard InChI is InChI=1S/C25H34F2N6O3S/c1-5-23(34)32-14-17(8-22(32)24(26)27)33-21-10-18(37(35,36)30-25(4)6-7-25)9-20(19(21)11-28-33)31-12-15(2)29-16(3)13-31/h5,9-11,15-17,22,24,29-30H,1,6-8,12-14H2,2-4H3/t15-,16-,17+,22-/m0/s1. The van der Waals surface area contributed by atoms with Gasteiger partial charge in [0.25, 0.3) is 6.43 Å². The molecule has 1 saturated carbocycles. The maximum Gasteiger partial charge on any atom is 0.258 e. The SMILES string of the molecule is C=CC(=O)N1C[C@H](n2ncc3c(N4C[C@H](C)N[C@@H](C)C4)cc(S(=O)(=O)NC4(C)CC4)cc32)C[C@H]1C(F)F. The van der Waals surface area contributed by atoms with Crippen molar-refractivity contribution in [3.05, 3.63) is 31.0 Å². The summed E-state index contributed by atoms with van der Waals surface area (Å²) in [6.45, 7) is 10.9. The van der Waals surface area contributed by atoms with Crippen LogP contribution in [-0.4, -0.2) is 78.7 Å². The molecule has 9 nitrogen and oxygen atoms in total. The van der Waals surface area contributed by atoms with Gasteiger partial charge in [0.15, 0.2) is 0 Å². The Labute approximate surface area is 215 Å². The van der Waals surface area contributed by atoms with Gasteiger partial charge in [0.05, 0.1) is 28.7 Å². The number of rotatable bonds is 7. The molecule has 202 valence electrons. The number of nitrogens with zero attached hydrogens (tertiary/aromatic N) is 4. The first-order chi connectivity index (χ1) is 17.4. The van der Waals surface area contributed by atoms with Crippen LogP contribution in [0.15, 0.2) is 35.9 Å². The fraction of sp³-hybridized carbons (Fsp3) is 0.600. The maximum absolute atomic E-state index is 13.8. The van der Waals surface area contributed by atoms with Gasteiger partial charge in [0, 0.05) is 48.3 Å². The molecule has 2 aromatic rings. The Morgan fingerprint density at radius 3 is 2.51 bits per heavy atom. The van der Waals surface area contributed by atoms with Crippen molar-refractivity contribution >= 4 is 32.5 Å². The smallest absolute Gasteiger partial charge is 0.258 e. The van der Waals surface area contributed by atoms with Crippen LogP contribution in [0.3, 0.4) is 0 Å². The van der Waals surface area contributed by atoms with Crippen LogP contribution in [0.1, 0.15) is 46.1 Å². The Morgan fingerprint density at radius 1 is 1.24 bits per heavy atom. The number of hydrogen-bond acceptors (Lipinski definition) is 6. The number of alkyl halides is 2. The van der Waals surface area contributed by atoms with Crippen LogP contribution in [0.4, 0.5) is 14.5 Å². The van der Waals surface area contributed by atoms with Gasteiger partial charge in [-0.05, 0) is 58.2 Å². The van der Waals surface area contributed by atoms with Crippen LogP contribution in [-0.2, 0) is 14.8 Å². The lowest BCUT2D eigenvalue weighted by Gasteiger charge is -2.38. The highest BCUT2D eigenvalue weighted by Gasteiger charge is 2.43. The lowest BCUT2D eigenvalue weighted by molar-refractivity contribution is -0.129. The third-order valence-corrected chi connectivity index (χ3v) is 9.29. The normalized spacial score (nSPS) is 27.7. The average molecular weight is 537 g/mol. The molecule has 0 radical (unpaired) electrons. The highest BCUT2D eigenvalue weighted by atomic mass is 32.2. The lowest BCUT2D eigenvalue weighted by atomic mass is 10.1. The van der Waals surface area contributed by atoms with E-state index in [0.29, 0.717) is 18.6 Å². The number of carbonyl (C=O) groups is 1. The molecule has 1 amide bonds. The summed E-state index contributed by atoms with van der Waals surface area (Å²) in [7, 11) is -3.84. The van der Waals surface area contributed by atoms with E-state index in [1.807, 2.05) is 6.92 Å². The van der Waals surface area contributed by atoms with E-state index >= 15 is 0 Å². The van der Waals surface area contributed by atoms with Crippen molar-refractivity contribution in [3.63, 3.8) is 0 Å². The zero-order valence-corrected chi connectivity index (χ0v) is 22.1. The van der Waals surface area contributed by atoms with E-state index in [0.717, 1.165) is 34.9 Å². The molecule has 4 atom stereocenters. The lowest BCUT2D eigenvalue weighted by Crippen LogP contribution is -2.54. The molecule has 3 heterocycles. The molecule has 3 fully saturated rings. The number of sulfonamides is 1. The molecular weight excluding hydrogens is 502 g/mol. The van der Waals surface area contributed by atoms with Crippen LogP contribution in [0.2, 0.25) is 0 Å². The number of likely N-dealkylation sites (tertiary alicyclic amines) is 1. The molecule has 0 bridgehead atoms. The topological polar surface area (TPSA) is 99.6 Å². The van der Waals surface area contributed by atoms with Gasteiger partial charge in [-0.2, -0.15) is 5.10 Å². The van der Waals surface area contributed by atoms with Gasteiger partial charge < -0.3 is 15.1 Å². The van der Waals surface area contributed by atoms with Crippen LogP contribution < -0.4 is 14.9 Å². The van der Waals surface area contributed by atoms with Crippen molar-refractivity contribution in [2.24, 2.45) is 0 Å². The summed E-state index contributed by atoms with van der Waals surface area (Å²) >= 11 is 0. The average Bonchev–Trinajstić information content (AvgIpc) is 3.22. The Balaban J connectivity index is 1.61. The number of halogens is 2. The van der Waals surface area contributed by atoms with Crippen LogP contribution in [0.25, 0.3) is 10.9 Å². The second-order valence-electron chi connectivity index (χ2n) is 11.0. The molecule has 2 N–H and O–H groups in total. The molecule has 2 aliphatic heterocycles. The van der Waals surface area contributed by atoms with E-state index in [4.69, 9.17) is 0 Å². The number of carbonyl (C=O) groups excluding carboxylic acids is 1. The number of benzene rings is 1. The van der Waals surface area contributed by atoms with Crippen molar-refractivity contribution in [1.29, 1.82) is 0 Å². The second-order valence-corrected chi connectivity index (χ2v) is 12.7. The van der Waals surface area contributed by atoms with Gasteiger partial charge in [-0.25, -0.2) is 21.9 Å². The van der Waals surface area contributed by atoms with Gasteiger partial charge in [-0.3, -0.25) is 9.48 Å². The molecule has 3 aliphatic rings. The van der Waals surface area contributed by atoms with E-state index < -0.39 is 40.0 Å². The van der Waals surface area contributed by atoms with E-state index in [-0.39, 0.29) is 29.9 Å². The summed E-state index contributed by atoms with van der Waals surface area (Å²) in [6.07, 6.45) is 1.56. The molecule has 2 saturated heterocycles.